The van der Waals surface area contributed by atoms with Crippen molar-refractivity contribution >= 4 is 5.78 Å². The Hall–Kier alpha value is -1.39. The van der Waals surface area contributed by atoms with E-state index in [0.717, 1.165) is 12.3 Å². The number of Topliss-reactive ketones (excluding diaryl/α,β-unsaturated/α-hetero) is 1. The molecule has 0 bridgehead atoms. The Kier molecular flexibility index (Phi) is 2.88. The second kappa shape index (κ2) is 3.77. The van der Waals surface area contributed by atoms with E-state index in [0.29, 0.717) is 5.69 Å². The van der Waals surface area contributed by atoms with E-state index in [1.807, 2.05) is 0 Å². The van der Waals surface area contributed by atoms with Crippen LogP contribution in [0.25, 0.3) is 0 Å². The third-order valence-corrected chi connectivity index (χ3v) is 1.58. The molecule has 1 aromatic heterocycles. The van der Waals surface area contributed by atoms with Crippen molar-refractivity contribution in [1.82, 2.24) is 4.98 Å². The highest BCUT2D eigenvalue weighted by atomic mass is 19.4. The summed E-state index contributed by atoms with van der Waals surface area (Å²) in [6, 6.07) is 2.13. The Morgan fingerprint density at radius 3 is 2.43 bits per heavy atom. The maximum absolute atomic E-state index is 12.1. The lowest BCUT2D eigenvalue weighted by Gasteiger charge is -2.05. The van der Waals surface area contributed by atoms with Crippen LogP contribution < -0.4 is 0 Å². The van der Waals surface area contributed by atoms with Crippen molar-refractivity contribution in [1.29, 1.82) is 0 Å². The van der Waals surface area contributed by atoms with Crippen LogP contribution in [0.3, 0.4) is 0 Å². The van der Waals surface area contributed by atoms with Crippen LogP contribution in [0.2, 0.25) is 0 Å². The maximum Gasteiger partial charge on any atom is 0.417 e. The van der Waals surface area contributed by atoms with E-state index in [9.17, 15) is 18.0 Å². The Labute approximate surface area is 78.8 Å². The van der Waals surface area contributed by atoms with Gasteiger partial charge in [-0.05, 0) is 19.1 Å². The standard InChI is InChI=1S/C9H8F3NO/c1-6(14)4-8-3-2-7(5-13-8)9(10,11)12/h2-3,5H,4H2,1H3. The highest BCUT2D eigenvalue weighted by Gasteiger charge is 2.30. The predicted octanol–water partition coefficient (Wildman–Crippen LogP) is 2.23. The normalized spacial score (nSPS) is 11.4. The zero-order valence-electron chi connectivity index (χ0n) is 7.43. The fraction of sp³-hybridized carbons (Fsp3) is 0.333. The second-order valence-corrected chi connectivity index (χ2v) is 2.91. The first-order valence-corrected chi connectivity index (χ1v) is 3.91. The lowest BCUT2D eigenvalue weighted by atomic mass is 10.2. The van der Waals surface area contributed by atoms with E-state index in [4.69, 9.17) is 0 Å². The summed E-state index contributed by atoms with van der Waals surface area (Å²) in [7, 11) is 0. The van der Waals surface area contributed by atoms with E-state index < -0.39 is 11.7 Å². The van der Waals surface area contributed by atoms with Gasteiger partial charge in [-0.3, -0.25) is 9.78 Å². The molecule has 0 atom stereocenters. The molecule has 5 heteroatoms. The fourth-order valence-corrected chi connectivity index (χ4v) is 0.952. The Morgan fingerprint density at radius 1 is 1.43 bits per heavy atom. The summed E-state index contributed by atoms with van der Waals surface area (Å²) in [4.78, 5) is 14.2. The lowest BCUT2D eigenvalue weighted by molar-refractivity contribution is -0.137. The fourth-order valence-electron chi connectivity index (χ4n) is 0.952. The number of pyridine rings is 1. The molecule has 0 saturated heterocycles. The molecular formula is C9H8F3NO. The van der Waals surface area contributed by atoms with Crippen molar-refractivity contribution < 1.29 is 18.0 Å². The van der Waals surface area contributed by atoms with E-state index >= 15 is 0 Å². The molecule has 0 radical (unpaired) electrons. The number of carbonyl (C=O) groups is 1. The second-order valence-electron chi connectivity index (χ2n) is 2.91. The summed E-state index contributed by atoms with van der Waals surface area (Å²) in [5.41, 5.74) is -0.449. The minimum absolute atomic E-state index is 0.0676. The summed E-state index contributed by atoms with van der Waals surface area (Å²) in [5, 5.41) is 0. The van der Waals surface area contributed by atoms with E-state index in [-0.39, 0.29) is 12.2 Å². The van der Waals surface area contributed by atoms with Gasteiger partial charge in [0.1, 0.15) is 5.78 Å². The quantitative estimate of drug-likeness (QED) is 0.737. The number of halogens is 3. The minimum atomic E-state index is -4.37. The molecule has 0 aliphatic rings. The van der Waals surface area contributed by atoms with Crippen LogP contribution in [-0.4, -0.2) is 10.8 Å². The van der Waals surface area contributed by atoms with Crippen molar-refractivity contribution in [2.24, 2.45) is 0 Å². The van der Waals surface area contributed by atoms with Gasteiger partial charge in [0.2, 0.25) is 0 Å². The largest absolute Gasteiger partial charge is 0.417 e. The van der Waals surface area contributed by atoms with Crippen LogP contribution in [0, 0.1) is 0 Å². The molecule has 2 nitrogen and oxygen atoms in total. The topological polar surface area (TPSA) is 30.0 Å². The lowest BCUT2D eigenvalue weighted by Crippen LogP contribution is -2.07. The number of ketones is 1. The zero-order chi connectivity index (χ0) is 10.8. The third-order valence-electron chi connectivity index (χ3n) is 1.58. The zero-order valence-corrected chi connectivity index (χ0v) is 7.43. The molecule has 0 N–H and O–H groups in total. The maximum atomic E-state index is 12.1. The van der Waals surface area contributed by atoms with Gasteiger partial charge in [0.25, 0.3) is 0 Å². The third kappa shape index (κ3) is 2.83. The molecule has 0 aliphatic carbocycles. The highest BCUT2D eigenvalue weighted by molar-refractivity contribution is 5.77. The molecule has 0 amide bonds. The van der Waals surface area contributed by atoms with Crippen molar-refractivity contribution in [3.05, 3.63) is 29.6 Å². The molecule has 0 aliphatic heterocycles. The first-order chi connectivity index (χ1) is 6.39. The minimum Gasteiger partial charge on any atom is -0.300 e. The Morgan fingerprint density at radius 2 is 2.07 bits per heavy atom. The average molecular weight is 203 g/mol. The molecule has 0 fully saturated rings. The summed E-state index contributed by atoms with van der Waals surface area (Å²) in [6.07, 6.45) is -3.57. The number of hydrogen-bond donors (Lipinski definition) is 0. The van der Waals surface area contributed by atoms with Crippen molar-refractivity contribution in [3.8, 4) is 0 Å². The molecule has 1 rings (SSSR count). The molecule has 0 unspecified atom stereocenters. The predicted molar refractivity (Wildman–Crippen MR) is 43.6 cm³/mol. The van der Waals surface area contributed by atoms with Gasteiger partial charge in [0, 0.05) is 18.3 Å². The van der Waals surface area contributed by atoms with Gasteiger partial charge in [-0.25, -0.2) is 0 Å². The highest BCUT2D eigenvalue weighted by Crippen LogP contribution is 2.28. The smallest absolute Gasteiger partial charge is 0.300 e. The molecule has 76 valence electrons. The van der Waals surface area contributed by atoms with Crippen molar-refractivity contribution in [3.63, 3.8) is 0 Å². The molecular weight excluding hydrogens is 195 g/mol. The van der Waals surface area contributed by atoms with Gasteiger partial charge in [-0.15, -0.1) is 0 Å². The monoisotopic (exact) mass is 203 g/mol. The van der Waals surface area contributed by atoms with Gasteiger partial charge in [-0.1, -0.05) is 0 Å². The first kappa shape index (κ1) is 10.7. The number of nitrogens with zero attached hydrogens (tertiary/aromatic N) is 1. The molecule has 0 saturated carbocycles. The Balaban J connectivity index is 2.84. The van der Waals surface area contributed by atoms with Crippen molar-refractivity contribution in [2.45, 2.75) is 19.5 Å². The first-order valence-electron chi connectivity index (χ1n) is 3.91. The van der Waals surface area contributed by atoms with Gasteiger partial charge in [0.05, 0.1) is 5.56 Å². The van der Waals surface area contributed by atoms with Gasteiger partial charge in [0.15, 0.2) is 0 Å². The van der Waals surface area contributed by atoms with Gasteiger partial charge >= 0.3 is 6.18 Å². The molecule has 0 spiro atoms. The SMILES string of the molecule is CC(=O)Cc1ccc(C(F)(F)F)cn1. The molecule has 1 heterocycles. The molecule has 1 aromatic rings. The van der Waals surface area contributed by atoms with E-state index in [1.165, 1.54) is 13.0 Å². The number of alkyl halides is 3. The van der Waals surface area contributed by atoms with Crippen LogP contribution in [-0.2, 0) is 17.4 Å². The van der Waals surface area contributed by atoms with Crippen LogP contribution >= 0.6 is 0 Å². The molecule has 14 heavy (non-hydrogen) atoms. The average Bonchev–Trinajstić information content (AvgIpc) is 2.02. The summed E-state index contributed by atoms with van der Waals surface area (Å²) < 4.78 is 36.2. The number of carbonyl (C=O) groups excluding carboxylic acids is 1. The van der Waals surface area contributed by atoms with E-state index in [1.54, 1.807) is 0 Å². The number of rotatable bonds is 2. The summed E-state index contributed by atoms with van der Waals surface area (Å²) in [5.74, 6) is -0.128. The number of hydrogen-bond acceptors (Lipinski definition) is 2. The van der Waals surface area contributed by atoms with Crippen LogP contribution in [0.5, 0.6) is 0 Å². The van der Waals surface area contributed by atoms with Gasteiger partial charge < -0.3 is 0 Å². The molecule has 0 aromatic carbocycles. The van der Waals surface area contributed by atoms with Crippen LogP contribution in [0.15, 0.2) is 18.3 Å². The van der Waals surface area contributed by atoms with Crippen LogP contribution in [0.4, 0.5) is 13.2 Å². The van der Waals surface area contributed by atoms with Crippen molar-refractivity contribution in [2.75, 3.05) is 0 Å². The van der Waals surface area contributed by atoms with Gasteiger partial charge in [-0.2, -0.15) is 13.2 Å². The summed E-state index contributed by atoms with van der Waals surface area (Å²) in [6.45, 7) is 1.36. The number of aromatic nitrogens is 1. The Bertz CT molecular complexity index is 329. The summed E-state index contributed by atoms with van der Waals surface area (Å²) >= 11 is 0. The van der Waals surface area contributed by atoms with Crippen LogP contribution in [0.1, 0.15) is 18.2 Å². The van der Waals surface area contributed by atoms with E-state index in [2.05, 4.69) is 4.98 Å².